The van der Waals surface area contributed by atoms with E-state index in [1.807, 2.05) is 19.1 Å². The van der Waals surface area contributed by atoms with Gasteiger partial charge in [-0.1, -0.05) is 0 Å². The highest BCUT2D eigenvalue weighted by atomic mass is 16.7. The van der Waals surface area contributed by atoms with E-state index in [2.05, 4.69) is 0 Å². The summed E-state index contributed by atoms with van der Waals surface area (Å²) in [6.45, 7) is 3.09. The number of nitrogens with zero attached hydrogens (tertiary/aromatic N) is 1. The molecule has 1 saturated heterocycles. The number of fused-ring (bicyclic) bond motifs is 1. The summed E-state index contributed by atoms with van der Waals surface area (Å²) >= 11 is 0. The summed E-state index contributed by atoms with van der Waals surface area (Å²) in [5.74, 6) is 1.33. The van der Waals surface area contributed by atoms with Crippen molar-refractivity contribution in [3.05, 3.63) is 17.7 Å². The zero-order valence-corrected chi connectivity index (χ0v) is 10.7. The predicted molar refractivity (Wildman–Crippen MR) is 68.4 cm³/mol. The lowest BCUT2D eigenvalue weighted by atomic mass is 10.1. The molecule has 19 heavy (non-hydrogen) atoms. The molecule has 6 nitrogen and oxygen atoms in total. The Morgan fingerprint density at radius 3 is 2.84 bits per heavy atom. The number of hydrogen-bond acceptors (Lipinski definition) is 5. The van der Waals surface area contributed by atoms with Gasteiger partial charge in [0.25, 0.3) is 5.91 Å². The first kappa shape index (κ1) is 12.3. The van der Waals surface area contributed by atoms with Gasteiger partial charge in [0.1, 0.15) is 6.61 Å². The Morgan fingerprint density at radius 2 is 2.11 bits per heavy atom. The van der Waals surface area contributed by atoms with Crippen molar-refractivity contribution in [1.29, 1.82) is 0 Å². The van der Waals surface area contributed by atoms with E-state index in [-0.39, 0.29) is 25.4 Å². The summed E-state index contributed by atoms with van der Waals surface area (Å²) < 4.78 is 16.0. The Morgan fingerprint density at radius 1 is 1.37 bits per heavy atom. The third-order valence-corrected chi connectivity index (χ3v) is 3.37. The van der Waals surface area contributed by atoms with E-state index in [0.717, 1.165) is 17.0 Å². The fourth-order valence-electron chi connectivity index (χ4n) is 2.32. The zero-order chi connectivity index (χ0) is 13.4. The maximum Gasteiger partial charge on any atom is 0.253 e. The topological polar surface area (TPSA) is 74.0 Å². The molecule has 1 amide bonds. The predicted octanol–water partition coefficient (Wildman–Crippen LogP) is 0.414. The summed E-state index contributed by atoms with van der Waals surface area (Å²) in [6.07, 6.45) is -0.123. The van der Waals surface area contributed by atoms with E-state index in [1.54, 1.807) is 4.90 Å². The number of carbonyl (C=O) groups excluding carboxylic acids is 1. The number of hydrogen-bond donors (Lipinski definition) is 1. The summed E-state index contributed by atoms with van der Waals surface area (Å²) in [7, 11) is 0. The van der Waals surface area contributed by atoms with Crippen LogP contribution in [0.4, 0.5) is 5.69 Å². The van der Waals surface area contributed by atoms with Crippen LogP contribution in [0.15, 0.2) is 12.1 Å². The first-order valence-corrected chi connectivity index (χ1v) is 6.21. The smallest absolute Gasteiger partial charge is 0.253 e. The van der Waals surface area contributed by atoms with Crippen LogP contribution in [0.5, 0.6) is 11.5 Å². The zero-order valence-electron chi connectivity index (χ0n) is 10.7. The number of aryl methyl sites for hydroxylation is 1. The lowest BCUT2D eigenvalue weighted by Crippen LogP contribution is -2.49. The van der Waals surface area contributed by atoms with E-state index in [0.29, 0.717) is 18.8 Å². The van der Waals surface area contributed by atoms with Gasteiger partial charge in [-0.2, -0.15) is 0 Å². The molecule has 1 unspecified atom stereocenters. The average molecular weight is 264 g/mol. The van der Waals surface area contributed by atoms with Crippen LogP contribution in [0.25, 0.3) is 0 Å². The largest absolute Gasteiger partial charge is 0.454 e. The molecule has 0 radical (unpaired) electrons. The van der Waals surface area contributed by atoms with Crippen molar-refractivity contribution < 1.29 is 19.0 Å². The van der Waals surface area contributed by atoms with Gasteiger partial charge in [0.15, 0.2) is 11.5 Å². The number of anilines is 1. The number of carbonyl (C=O) groups is 1. The minimum absolute atomic E-state index is 0.0633. The van der Waals surface area contributed by atoms with Gasteiger partial charge in [-0.15, -0.1) is 0 Å². The Bertz CT molecular complexity index is 518. The van der Waals surface area contributed by atoms with E-state index >= 15 is 0 Å². The van der Waals surface area contributed by atoms with Crippen LogP contribution in [0, 0.1) is 6.92 Å². The van der Waals surface area contributed by atoms with E-state index < -0.39 is 0 Å². The second-order valence-electron chi connectivity index (χ2n) is 4.67. The minimum atomic E-state index is -0.123. The molecule has 2 aliphatic heterocycles. The minimum Gasteiger partial charge on any atom is -0.454 e. The monoisotopic (exact) mass is 264 g/mol. The SMILES string of the molecule is Cc1cc2c(cc1N1CC(CN)OCC1=O)OCO2. The molecule has 3 rings (SSSR count). The van der Waals surface area contributed by atoms with E-state index in [1.165, 1.54) is 0 Å². The second kappa shape index (κ2) is 4.71. The molecule has 2 aliphatic rings. The molecule has 0 aliphatic carbocycles. The highest BCUT2D eigenvalue weighted by Gasteiger charge is 2.29. The number of benzene rings is 1. The average Bonchev–Trinajstić information content (AvgIpc) is 2.85. The van der Waals surface area contributed by atoms with E-state index in [9.17, 15) is 4.79 Å². The molecule has 1 aromatic carbocycles. The van der Waals surface area contributed by atoms with Gasteiger partial charge >= 0.3 is 0 Å². The molecule has 0 bridgehead atoms. The van der Waals surface area contributed by atoms with Crippen molar-refractivity contribution >= 4 is 11.6 Å². The van der Waals surface area contributed by atoms with Crippen molar-refractivity contribution in [2.24, 2.45) is 5.73 Å². The first-order chi connectivity index (χ1) is 9.19. The third-order valence-electron chi connectivity index (χ3n) is 3.37. The molecule has 2 heterocycles. The highest BCUT2D eigenvalue weighted by Crippen LogP contribution is 2.38. The second-order valence-corrected chi connectivity index (χ2v) is 4.67. The van der Waals surface area contributed by atoms with Gasteiger partial charge in [0.2, 0.25) is 6.79 Å². The number of nitrogens with two attached hydrogens (primary N) is 1. The molecule has 1 fully saturated rings. The molecule has 1 aromatic rings. The molecular formula is C13H16N2O4. The van der Waals surface area contributed by atoms with Crippen molar-refractivity contribution in [2.45, 2.75) is 13.0 Å². The Kier molecular flexibility index (Phi) is 3.04. The molecular weight excluding hydrogens is 248 g/mol. The maximum absolute atomic E-state index is 12.0. The molecule has 0 spiro atoms. The molecule has 2 N–H and O–H groups in total. The molecule has 0 aromatic heterocycles. The summed E-state index contributed by atoms with van der Waals surface area (Å²) in [5.41, 5.74) is 7.41. The number of rotatable bonds is 2. The normalized spacial score (nSPS) is 21.9. The lowest BCUT2D eigenvalue weighted by Gasteiger charge is -2.33. The van der Waals surface area contributed by atoms with Gasteiger partial charge in [-0.05, 0) is 18.6 Å². The number of morpholine rings is 1. The number of amides is 1. The molecule has 0 saturated carbocycles. The Hall–Kier alpha value is -1.79. The molecule has 102 valence electrons. The van der Waals surface area contributed by atoms with E-state index in [4.69, 9.17) is 19.9 Å². The van der Waals surface area contributed by atoms with Gasteiger partial charge in [0, 0.05) is 12.6 Å². The standard InChI is InChI=1S/C13H16N2O4/c1-8-2-11-12(19-7-18-11)3-10(8)15-5-9(4-14)17-6-13(15)16/h2-3,9H,4-7,14H2,1H3. The molecule has 6 heteroatoms. The van der Waals surface area contributed by atoms with Crippen molar-refractivity contribution in [2.75, 3.05) is 31.4 Å². The van der Waals surface area contributed by atoms with Gasteiger partial charge in [0.05, 0.1) is 18.3 Å². The Balaban J connectivity index is 1.94. The van der Waals surface area contributed by atoms with Gasteiger partial charge in [-0.3, -0.25) is 4.79 Å². The van der Waals surface area contributed by atoms with Gasteiger partial charge < -0.3 is 24.8 Å². The Labute approximate surface area is 111 Å². The van der Waals surface area contributed by atoms with Gasteiger partial charge in [-0.25, -0.2) is 0 Å². The lowest BCUT2D eigenvalue weighted by molar-refractivity contribution is -0.128. The fraction of sp³-hybridized carbons (Fsp3) is 0.462. The quantitative estimate of drug-likeness (QED) is 0.837. The first-order valence-electron chi connectivity index (χ1n) is 6.21. The highest BCUT2D eigenvalue weighted by molar-refractivity contribution is 5.96. The van der Waals surface area contributed by atoms with Crippen molar-refractivity contribution in [3.63, 3.8) is 0 Å². The fourth-order valence-corrected chi connectivity index (χ4v) is 2.32. The van der Waals surface area contributed by atoms with Crippen molar-refractivity contribution in [3.8, 4) is 11.5 Å². The summed E-state index contributed by atoms with van der Waals surface area (Å²) in [4.78, 5) is 13.7. The third kappa shape index (κ3) is 2.13. The number of ether oxygens (including phenoxy) is 3. The van der Waals surface area contributed by atoms with Crippen LogP contribution in [0.1, 0.15) is 5.56 Å². The summed E-state index contributed by atoms with van der Waals surface area (Å²) in [5, 5.41) is 0. The van der Waals surface area contributed by atoms with Crippen LogP contribution < -0.4 is 20.1 Å². The maximum atomic E-state index is 12.0. The summed E-state index contributed by atoms with van der Waals surface area (Å²) in [6, 6.07) is 3.73. The van der Waals surface area contributed by atoms with Crippen LogP contribution >= 0.6 is 0 Å². The van der Waals surface area contributed by atoms with Crippen LogP contribution in [-0.2, 0) is 9.53 Å². The van der Waals surface area contributed by atoms with Crippen LogP contribution in [-0.4, -0.2) is 38.5 Å². The molecule has 1 atom stereocenters. The van der Waals surface area contributed by atoms with Crippen LogP contribution in [0.2, 0.25) is 0 Å². The van der Waals surface area contributed by atoms with Crippen molar-refractivity contribution in [1.82, 2.24) is 0 Å². The van der Waals surface area contributed by atoms with Crippen LogP contribution in [0.3, 0.4) is 0 Å².